The van der Waals surface area contributed by atoms with Crippen LogP contribution in [0.1, 0.15) is 37.5 Å². The largest absolute Gasteiger partial charge is 0.386 e. The monoisotopic (exact) mass is 321 g/mol. The van der Waals surface area contributed by atoms with Crippen LogP contribution in [0, 0.1) is 0 Å². The zero-order chi connectivity index (χ0) is 17.3. The van der Waals surface area contributed by atoms with Gasteiger partial charge in [-0.1, -0.05) is 48.6 Å². The van der Waals surface area contributed by atoms with Crippen LogP contribution in [0.3, 0.4) is 0 Å². The van der Waals surface area contributed by atoms with Gasteiger partial charge in [-0.3, -0.25) is 4.79 Å². The molecule has 0 unspecified atom stereocenters. The normalized spacial score (nSPS) is 13.7. The Morgan fingerprint density at radius 2 is 1.96 bits per heavy atom. The van der Waals surface area contributed by atoms with E-state index < -0.39 is 5.60 Å². The molecule has 0 bridgehead atoms. The molecule has 0 spiro atoms. The standard InChI is InChI=1S/C21H23NO2/c1-4-5-13-22-14-19(17-7-6-8-18(17)20(22)23)15-9-11-16(12-10-15)21(2,3)24/h4-7,9-12,14,24H,8,13H2,1-3H3/b5-4+. The van der Waals surface area contributed by atoms with Crippen molar-refractivity contribution in [1.82, 2.24) is 4.57 Å². The third-order valence-corrected chi connectivity index (χ3v) is 4.47. The van der Waals surface area contributed by atoms with Crippen molar-refractivity contribution in [2.75, 3.05) is 0 Å². The smallest absolute Gasteiger partial charge is 0.254 e. The highest BCUT2D eigenvalue weighted by atomic mass is 16.3. The Bertz CT molecular complexity index is 862. The lowest BCUT2D eigenvalue weighted by Gasteiger charge is -2.18. The summed E-state index contributed by atoms with van der Waals surface area (Å²) in [5.41, 5.74) is 4.11. The molecular formula is C21H23NO2. The summed E-state index contributed by atoms with van der Waals surface area (Å²) < 4.78 is 1.77. The molecule has 0 aliphatic heterocycles. The first-order valence-electron chi connectivity index (χ1n) is 8.29. The predicted octanol–water partition coefficient (Wildman–Crippen LogP) is 3.89. The quantitative estimate of drug-likeness (QED) is 0.868. The van der Waals surface area contributed by atoms with E-state index in [2.05, 4.69) is 0 Å². The Balaban J connectivity index is 2.12. The molecule has 3 nitrogen and oxygen atoms in total. The molecular weight excluding hydrogens is 298 g/mol. The van der Waals surface area contributed by atoms with Gasteiger partial charge in [-0.25, -0.2) is 0 Å². The van der Waals surface area contributed by atoms with E-state index in [9.17, 15) is 9.90 Å². The van der Waals surface area contributed by atoms with E-state index in [1.807, 2.05) is 61.7 Å². The summed E-state index contributed by atoms with van der Waals surface area (Å²) >= 11 is 0. The molecule has 1 N–H and O–H groups in total. The zero-order valence-corrected chi connectivity index (χ0v) is 14.4. The number of pyridine rings is 1. The molecule has 0 amide bonds. The van der Waals surface area contributed by atoms with E-state index in [1.54, 1.807) is 18.4 Å². The number of allylic oxidation sites excluding steroid dienone is 3. The Labute approximate surface area is 142 Å². The maximum atomic E-state index is 12.6. The molecule has 3 rings (SSSR count). The molecule has 0 radical (unpaired) electrons. The third-order valence-electron chi connectivity index (χ3n) is 4.47. The average Bonchev–Trinajstić information content (AvgIpc) is 3.04. The van der Waals surface area contributed by atoms with Gasteiger partial charge in [0, 0.05) is 23.9 Å². The van der Waals surface area contributed by atoms with E-state index >= 15 is 0 Å². The van der Waals surface area contributed by atoms with Crippen LogP contribution in [0.5, 0.6) is 0 Å². The van der Waals surface area contributed by atoms with Crippen molar-refractivity contribution in [2.45, 2.75) is 39.3 Å². The molecule has 1 aromatic carbocycles. The van der Waals surface area contributed by atoms with E-state index in [1.165, 1.54) is 0 Å². The van der Waals surface area contributed by atoms with Gasteiger partial charge in [0.05, 0.1) is 5.60 Å². The average molecular weight is 321 g/mol. The summed E-state index contributed by atoms with van der Waals surface area (Å²) in [5, 5.41) is 10.1. The topological polar surface area (TPSA) is 42.2 Å². The minimum absolute atomic E-state index is 0.0879. The highest BCUT2D eigenvalue weighted by Crippen LogP contribution is 2.31. The third kappa shape index (κ3) is 3.00. The minimum Gasteiger partial charge on any atom is -0.386 e. The first kappa shape index (κ1) is 16.5. The fourth-order valence-corrected chi connectivity index (χ4v) is 3.06. The Kier molecular flexibility index (Phi) is 4.29. The van der Waals surface area contributed by atoms with Gasteiger partial charge in [0.2, 0.25) is 0 Å². The molecule has 2 aromatic rings. The Hall–Kier alpha value is -2.39. The van der Waals surface area contributed by atoms with Crippen molar-refractivity contribution in [1.29, 1.82) is 0 Å². The number of nitrogens with zero attached hydrogens (tertiary/aromatic N) is 1. The zero-order valence-electron chi connectivity index (χ0n) is 14.4. The van der Waals surface area contributed by atoms with Gasteiger partial charge in [0.1, 0.15) is 0 Å². The number of hydrogen-bond donors (Lipinski definition) is 1. The first-order chi connectivity index (χ1) is 11.4. The summed E-state index contributed by atoms with van der Waals surface area (Å²) in [6.45, 7) is 6.09. The number of benzene rings is 1. The van der Waals surface area contributed by atoms with Crippen molar-refractivity contribution in [2.24, 2.45) is 0 Å². The van der Waals surface area contributed by atoms with Crippen LogP contribution >= 0.6 is 0 Å². The van der Waals surface area contributed by atoms with Crippen LogP contribution in [-0.2, 0) is 18.6 Å². The summed E-state index contributed by atoms with van der Waals surface area (Å²) in [6.07, 6.45) is 10.7. The molecule has 1 aliphatic carbocycles. The van der Waals surface area contributed by atoms with Gasteiger partial charge >= 0.3 is 0 Å². The molecule has 1 heterocycles. The van der Waals surface area contributed by atoms with Gasteiger partial charge in [-0.2, -0.15) is 0 Å². The lowest BCUT2D eigenvalue weighted by atomic mass is 9.94. The minimum atomic E-state index is -0.856. The SMILES string of the molecule is C/C=C/Cn1cc(-c2ccc(C(C)(C)O)cc2)c2c(c1=O)CC=C2. The second kappa shape index (κ2) is 6.25. The fraction of sp³-hybridized carbons (Fsp3) is 0.286. The lowest BCUT2D eigenvalue weighted by molar-refractivity contribution is 0.0786. The van der Waals surface area contributed by atoms with Crippen LogP contribution < -0.4 is 5.56 Å². The molecule has 24 heavy (non-hydrogen) atoms. The van der Waals surface area contributed by atoms with E-state index in [-0.39, 0.29) is 5.56 Å². The molecule has 0 saturated carbocycles. The maximum absolute atomic E-state index is 12.6. The molecule has 3 heteroatoms. The second-order valence-corrected chi connectivity index (χ2v) is 6.70. The van der Waals surface area contributed by atoms with Crippen LogP contribution in [0.25, 0.3) is 17.2 Å². The second-order valence-electron chi connectivity index (χ2n) is 6.70. The number of aromatic nitrogens is 1. The van der Waals surface area contributed by atoms with Crippen LogP contribution in [0.2, 0.25) is 0 Å². The molecule has 0 saturated heterocycles. The van der Waals surface area contributed by atoms with Gasteiger partial charge in [0.25, 0.3) is 5.56 Å². The number of hydrogen-bond acceptors (Lipinski definition) is 2. The van der Waals surface area contributed by atoms with Crippen molar-refractivity contribution >= 4 is 6.08 Å². The van der Waals surface area contributed by atoms with Gasteiger partial charge in [0.15, 0.2) is 0 Å². The van der Waals surface area contributed by atoms with Crippen molar-refractivity contribution < 1.29 is 5.11 Å². The van der Waals surface area contributed by atoms with Gasteiger partial charge < -0.3 is 9.67 Å². The number of aliphatic hydroxyl groups is 1. The van der Waals surface area contributed by atoms with Crippen molar-refractivity contribution in [3.63, 3.8) is 0 Å². The summed E-state index contributed by atoms with van der Waals surface area (Å²) in [4.78, 5) is 12.6. The molecule has 1 aromatic heterocycles. The van der Waals surface area contributed by atoms with Crippen LogP contribution in [0.4, 0.5) is 0 Å². The Morgan fingerprint density at radius 1 is 1.25 bits per heavy atom. The summed E-state index contributed by atoms with van der Waals surface area (Å²) in [7, 11) is 0. The maximum Gasteiger partial charge on any atom is 0.254 e. The molecule has 1 aliphatic rings. The highest BCUT2D eigenvalue weighted by molar-refractivity contribution is 5.78. The van der Waals surface area contributed by atoms with Crippen molar-refractivity contribution in [3.8, 4) is 11.1 Å². The Morgan fingerprint density at radius 3 is 2.58 bits per heavy atom. The molecule has 0 atom stereocenters. The number of fused-ring (bicyclic) bond motifs is 1. The summed E-state index contributed by atoms with van der Waals surface area (Å²) in [5.74, 6) is 0. The number of rotatable bonds is 4. The van der Waals surface area contributed by atoms with Gasteiger partial charge in [-0.15, -0.1) is 0 Å². The molecule has 0 fully saturated rings. The lowest BCUT2D eigenvalue weighted by Crippen LogP contribution is -2.23. The van der Waals surface area contributed by atoms with Crippen LogP contribution in [0.15, 0.2) is 53.5 Å². The van der Waals surface area contributed by atoms with Gasteiger partial charge in [-0.05, 0) is 43.9 Å². The van der Waals surface area contributed by atoms with E-state index in [4.69, 9.17) is 0 Å². The predicted molar refractivity (Wildman–Crippen MR) is 98.9 cm³/mol. The molecule has 124 valence electrons. The van der Waals surface area contributed by atoms with E-state index in [0.717, 1.165) is 27.8 Å². The highest BCUT2D eigenvalue weighted by Gasteiger charge is 2.19. The first-order valence-corrected chi connectivity index (χ1v) is 8.29. The van der Waals surface area contributed by atoms with Crippen molar-refractivity contribution in [3.05, 3.63) is 75.7 Å². The fourth-order valence-electron chi connectivity index (χ4n) is 3.06. The van der Waals surface area contributed by atoms with Crippen LogP contribution in [-0.4, -0.2) is 9.67 Å². The van der Waals surface area contributed by atoms with E-state index in [0.29, 0.717) is 13.0 Å². The summed E-state index contributed by atoms with van der Waals surface area (Å²) in [6, 6.07) is 7.92.